The van der Waals surface area contributed by atoms with Crippen LogP contribution in [-0.4, -0.2) is 248 Å². The summed E-state index contributed by atoms with van der Waals surface area (Å²) in [5, 5.41) is 28.9. The molecule has 2 aromatic carbocycles. The molecule has 0 radical (unpaired) electrons. The Hall–Kier alpha value is -9.95. The van der Waals surface area contributed by atoms with Crippen molar-refractivity contribution in [3.63, 3.8) is 0 Å². The van der Waals surface area contributed by atoms with Gasteiger partial charge in [0.05, 0.1) is 111 Å². The number of nitrogens with zero attached hydrogens (tertiary/aromatic N) is 6. The van der Waals surface area contributed by atoms with Gasteiger partial charge in [0.2, 0.25) is 23.5 Å². The fraction of sp³-hybridized carbons (Fsp3) is 0.627. The van der Waals surface area contributed by atoms with E-state index in [-0.39, 0.29) is 99.7 Å². The second-order valence-corrected chi connectivity index (χ2v) is 27.9. The minimum absolute atomic E-state index is 0.0169. The number of amides is 7. The molecule has 0 bridgehead atoms. The first-order chi connectivity index (χ1) is 57.8. The summed E-state index contributed by atoms with van der Waals surface area (Å²) < 4.78 is 70.5. The predicted octanol–water partition coefficient (Wildman–Crippen LogP) is 7.74. The molecule has 3 aliphatic carbocycles. The van der Waals surface area contributed by atoms with E-state index in [0.717, 1.165) is 130 Å². The van der Waals surface area contributed by atoms with Crippen molar-refractivity contribution >= 4 is 65.2 Å². The third kappa shape index (κ3) is 46.9. The maximum atomic E-state index is 12.4. The highest BCUT2D eigenvalue weighted by Crippen LogP contribution is 2.36. The second kappa shape index (κ2) is 62.2. The number of nitrogens with one attached hydrogen (secondary N) is 4. The molecule has 2 fully saturated rings. The molecule has 119 heavy (non-hydrogen) atoms. The van der Waals surface area contributed by atoms with E-state index in [0.29, 0.717) is 155 Å². The highest BCUT2D eigenvalue weighted by molar-refractivity contribution is 6.04. The van der Waals surface area contributed by atoms with Crippen LogP contribution >= 0.6 is 0 Å². The fourth-order valence-electron chi connectivity index (χ4n) is 11.9. The van der Waals surface area contributed by atoms with Crippen molar-refractivity contribution in [3.8, 4) is 22.9 Å². The number of hydrazone groups is 1. The number of imide groups is 1. The molecule has 2 aliphatic heterocycles. The summed E-state index contributed by atoms with van der Waals surface area (Å²) >= 11 is 0. The van der Waals surface area contributed by atoms with E-state index in [1.165, 1.54) is 5.57 Å². The molecule has 4 unspecified atom stereocenters. The second-order valence-electron chi connectivity index (χ2n) is 27.9. The van der Waals surface area contributed by atoms with Gasteiger partial charge in [0.25, 0.3) is 11.8 Å². The van der Waals surface area contributed by atoms with Crippen LogP contribution < -0.4 is 42.3 Å². The van der Waals surface area contributed by atoms with Crippen LogP contribution in [0.15, 0.2) is 89.2 Å². The first-order valence-electron chi connectivity index (χ1n) is 41.1. The van der Waals surface area contributed by atoms with Crippen LogP contribution in [-0.2, 0) is 95.3 Å². The van der Waals surface area contributed by atoms with Gasteiger partial charge in [-0.3, -0.25) is 39.0 Å². The molecule has 3 aromatic rings. The van der Waals surface area contributed by atoms with Gasteiger partial charge in [0.15, 0.2) is 5.82 Å². The van der Waals surface area contributed by atoms with Crippen LogP contribution in [0, 0.1) is 12.8 Å². The number of benzene rings is 2. The van der Waals surface area contributed by atoms with E-state index < -0.39 is 35.9 Å². The Morgan fingerprint density at radius 2 is 0.941 bits per heavy atom. The minimum atomic E-state index is -0.696. The number of allylic oxidation sites excluding steroid dienone is 4. The highest BCUT2D eigenvalue weighted by atomic mass is 16.7. The number of aryl methyl sites for hydroxylation is 1. The Labute approximate surface area is 696 Å². The molecule has 1 saturated heterocycles. The van der Waals surface area contributed by atoms with E-state index in [1.54, 1.807) is 20.9 Å². The molecular formula is C83H124N12O24. The van der Waals surface area contributed by atoms with Crippen molar-refractivity contribution in [2.24, 2.45) is 22.5 Å². The number of hydrogen-bond donors (Lipinski definition) is 6. The zero-order valence-corrected chi connectivity index (χ0v) is 69.5. The summed E-state index contributed by atoms with van der Waals surface area (Å²) in [5.74, 6) is -0.00855. The van der Waals surface area contributed by atoms with Crippen LogP contribution in [0.25, 0.3) is 11.4 Å². The number of nitrogens with two attached hydrogens (primary N) is 2. The Kier molecular flexibility index (Phi) is 52.1. The number of hydroxylamine groups is 2. The molecule has 7 amide bonds. The Bertz CT molecular complexity index is 3590. The first kappa shape index (κ1) is 99.6. The molecule has 5 aliphatic rings. The highest BCUT2D eigenvalue weighted by Gasteiger charge is 2.34. The average molecular weight is 1670 g/mol. The normalized spacial score (nSPS) is 17.6. The molecule has 1 aromatic heterocycles. The van der Waals surface area contributed by atoms with Gasteiger partial charge in [-0.05, 0) is 170 Å². The third-order valence-corrected chi connectivity index (χ3v) is 18.2. The zero-order valence-electron chi connectivity index (χ0n) is 69.5. The first-order valence-corrected chi connectivity index (χ1v) is 41.1. The summed E-state index contributed by atoms with van der Waals surface area (Å²) in [6.07, 6.45) is 23.7. The molecular weight excluding hydrogens is 1550 g/mol. The Morgan fingerprint density at radius 1 is 0.471 bits per heavy atom. The van der Waals surface area contributed by atoms with Gasteiger partial charge in [-0.25, -0.2) is 14.4 Å². The third-order valence-electron chi connectivity index (χ3n) is 18.2. The summed E-state index contributed by atoms with van der Waals surface area (Å²) in [7, 11) is 1.60. The lowest BCUT2D eigenvalue weighted by atomic mass is 9.79. The topological polar surface area (TPSA) is 467 Å². The van der Waals surface area contributed by atoms with Crippen molar-refractivity contribution < 1.29 is 114 Å². The summed E-state index contributed by atoms with van der Waals surface area (Å²) in [6.45, 7) is 12.5. The number of fused-ring (bicyclic) bond motifs is 1. The fourth-order valence-corrected chi connectivity index (χ4v) is 11.9. The van der Waals surface area contributed by atoms with Gasteiger partial charge in [0, 0.05) is 102 Å². The lowest BCUT2D eigenvalue weighted by molar-refractivity contribution is -0.198. The standard InChI is InChI=1S/C31H47N5O8.C21H31NO8.C16H28N2O5.C15H18N4O3/c1-22-26-5-3-4-25(44-31(39)34-14-17-42-19-18-40-15-12-28(32)37)10-11-27(26)30(36-35-22)23-6-8-24(9-7-23)43-21-20-41-16-13-29(38)33-2;23-18-10-11-19(24)22(18)30-21(26)12-14-28-16-15-27-13-6-9-20(25)29-17-7-4-2-1-3-5-8-17;17-15(19)8-10-21-12-13-22-11-9-18-16(20)23-14-6-4-2-1-3-5-7-14;1-11(20)7-8-21-9-10-22-14-5-3-13(4-6-14)15-18-16-12(2)17-19-15/h6-9,25,27,35H,3-5,10-21H2,1-2H3,(H2,32,37)(H,33,38)(H,34,39);2,4,17H,1,3,5-16H2;2,4,14H,1,3,5-13H2,(H2,17,19)(H,18,20);3-6H,7-10H2,1-2H3/b;2*4-2+;. The molecule has 36 nitrogen and oxygen atoms in total. The maximum absolute atomic E-state index is 12.4. The molecule has 3 heterocycles. The molecule has 8 rings (SSSR count). The van der Waals surface area contributed by atoms with E-state index in [9.17, 15) is 47.9 Å². The van der Waals surface area contributed by atoms with Crippen molar-refractivity contribution in [3.05, 3.63) is 95.5 Å². The molecule has 1 saturated carbocycles. The lowest BCUT2D eigenvalue weighted by Gasteiger charge is -2.32. The van der Waals surface area contributed by atoms with Crippen molar-refractivity contribution in [2.75, 3.05) is 139 Å². The monoisotopic (exact) mass is 1670 g/mol. The lowest BCUT2D eigenvalue weighted by Crippen LogP contribution is -2.34. The number of primary amides is 2. The smallest absolute Gasteiger partial charge is 0.407 e. The van der Waals surface area contributed by atoms with Gasteiger partial charge < -0.3 is 93.8 Å². The quantitative estimate of drug-likeness (QED) is 0.0103. The molecule has 660 valence electrons. The average Bonchev–Trinajstić information content (AvgIpc) is 1.25. The van der Waals surface area contributed by atoms with E-state index in [1.807, 2.05) is 48.5 Å². The number of esters is 1. The number of alkyl carbamates (subject to hydrolysis) is 2. The summed E-state index contributed by atoms with van der Waals surface area (Å²) in [6, 6.07) is 15.2. The van der Waals surface area contributed by atoms with Gasteiger partial charge in [-0.1, -0.05) is 24.3 Å². The largest absolute Gasteiger partial charge is 0.491 e. The minimum Gasteiger partial charge on any atom is -0.491 e. The number of Topliss-reactive ketones (excluding diaryl/α,β-unsaturated/α-hetero) is 1. The zero-order chi connectivity index (χ0) is 85.7. The number of hydrogen-bond acceptors (Lipinski definition) is 30. The predicted molar refractivity (Wildman–Crippen MR) is 434 cm³/mol. The van der Waals surface area contributed by atoms with Crippen molar-refractivity contribution in [1.29, 1.82) is 0 Å². The van der Waals surface area contributed by atoms with Crippen LogP contribution in [0.2, 0.25) is 0 Å². The SMILES string of the molecule is CC(=O)CCOCCOc1ccc(-c2nnc(C)nn2)cc1.CNC(=O)CCOCCOc1ccc(C2=NNC(C)=C3CCCC(OC(=O)NCCOCCOCCC(N)=O)CCC23)cc1.NC(=O)CCOCCOCCNC(=O)OC1C/C=C/CCCC1.O=C(CCCOCCOCCC(=O)ON1C(=O)CCC1=O)OC1C/C=C/CCCC1. The van der Waals surface area contributed by atoms with Crippen molar-refractivity contribution in [2.45, 2.75) is 193 Å². The molecule has 8 N–H and O–H groups in total. The van der Waals surface area contributed by atoms with E-state index >= 15 is 0 Å². The van der Waals surface area contributed by atoms with Crippen LogP contribution in [0.5, 0.6) is 11.5 Å². The van der Waals surface area contributed by atoms with Crippen LogP contribution in [0.3, 0.4) is 0 Å². The number of ether oxygens (including phenoxy) is 13. The van der Waals surface area contributed by atoms with Gasteiger partial charge in [-0.2, -0.15) is 5.10 Å². The van der Waals surface area contributed by atoms with Crippen LogP contribution in [0.1, 0.15) is 179 Å². The number of rotatable bonds is 48. The molecule has 36 heteroatoms. The number of ketones is 1. The van der Waals surface area contributed by atoms with Gasteiger partial charge in [-0.15, -0.1) is 25.5 Å². The van der Waals surface area contributed by atoms with Crippen LogP contribution in [0.4, 0.5) is 9.59 Å². The summed E-state index contributed by atoms with van der Waals surface area (Å²) in [5.41, 5.74) is 18.5. The maximum Gasteiger partial charge on any atom is 0.407 e. The Balaban J connectivity index is 0.000000295. The molecule has 4 atom stereocenters. The van der Waals surface area contributed by atoms with E-state index in [4.69, 9.17) is 83.0 Å². The van der Waals surface area contributed by atoms with E-state index in [2.05, 4.69) is 73.0 Å². The van der Waals surface area contributed by atoms with Gasteiger partial charge in [0.1, 0.15) is 48.8 Å². The Morgan fingerprint density at radius 3 is 1.47 bits per heavy atom. The molecule has 0 spiro atoms. The summed E-state index contributed by atoms with van der Waals surface area (Å²) in [4.78, 5) is 118. The van der Waals surface area contributed by atoms with Gasteiger partial charge >= 0.3 is 24.1 Å². The number of aromatic nitrogens is 4. The van der Waals surface area contributed by atoms with Crippen molar-refractivity contribution in [1.82, 2.24) is 46.8 Å². The number of carbonyl (C=O) groups is 10. The number of carbonyl (C=O) groups excluding carboxylic acids is 10.